The third-order valence-electron chi connectivity index (χ3n) is 9.96. The van der Waals surface area contributed by atoms with Crippen LogP contribution in [0.5, 0.6) is 0 Å². The Hall–Kier alpha value is -3.55. The third-order valence-corrected chi connectivity index (χ3v) is 9.96. The van der Waals surface area contributed by atoms with Gasteiger partial charge in [-0.1, -0.05) is 19.3 Å². The Morgan fingerprint density at radius 3 is 1.92 bits per heavy atom. The predicted octanol–water partition coefficient (Wildman–Crippen LogP) is 5.91. The van der Waals surface area contributed by atoms with E-state index in [-0.39, 0.29) is 30.2 Å². The Morgan fingerprint density at radius 1 is 0.827 bits per heavy atom. The van der Waals surface area contributed by atoms with Gasteiger partial charge in [-0.05, 0) is 99.3 Å². The third kappa shape index (κ3) is 13.5. The molecule has 3 fully saturated rings. The first-order valence-electron chi connectivity index (χ1n) is 19.6. The quantitative estimate of drug-likeness (QED) is 0.183. The van der Waals surface area contributed by atoms with Crippen molar-refractivity contribution in [1.29, 1.82) is 0 Å². The van der Waals surface area contributed by atoms with Crippen LogP contribution in [0.1, 0.15) is 113 Å². The maximum absolute atomic E-state index is 13.6. The Morgan fingerprint density at radius 2 is 1.38 bits per heavy atom. The molecule has 0 atom stereocenters. The van der Waals surface area contributed by atoms with Gasteiger partial charge in [-0.2, -0.15) is 9.97 Å². The van der Waals surface area contributed by atoms with E-state index in [9.17, 15) is 14.4 Å². The summed E-state index contributed by atoms with van der Waals surface area (Å²) in [5.41, 5.74) is 5.03. The molecule has 0 bridgehead atoms. The zero-order valence-corrected chi connectivity index (χ0v) is 33.0. The maximum atomic E-state index is 13.6. The molecule has 0 spiro atoms. The molecule has 52 heavy (non-hydrogen) atoms. The number of esters is 1. The van der Waals surface area contributed by atoms with Crippen LogP contribution in [-0.4, -0.2) is 125 Å². The predicted molar refractivity (Wildman–Crippen MR) is 203 cm³/mol. The number of rotatable bonds is 13. The normalized spacial score (nSPS) is 20.6. The van der Waals surface area contributed by atoms with Gasteiger partial charge in [0.25, 0.3) is 0 Å². The van der Waals surface area contributed by atoms with Gasteiger partial charge in [0.05, 0.1) is 13.2 Å². The van der Waals surface area contributed by atoms with Crippen molar-refractivity contribution in [2.75, 3.05) is 74.9 Å². The van der Waals surface area contributed by atoms with Gasteiger partial charge >= 0.3 is 18.2 Å². The molecule has 294 valence electrons. The lowest BCUT2D eigenvalue weighted by atomic mass is 9.85. The number of nitrogens with zero attached hydrogens (tertiary/aromatic N) is 6. The van der Waals surface area contributed by atoms with E-state index in [2.05, 4.69) is 20.1 Å². The Kier molecular flexibility index (Phi) is 15.0. The lowest BCUT2D eigenvalue weighted by molar-refractivity contribution is -0.144. The smallest absolute Gasteiger partial charge is 0.410 e. The molecule has 14 nitrogen and oxygen atoms in total. The SMILES string of the molecule is CCOC(=O)CN1CCN(c2cc(N)nc(NC[C@H]3CC[C@H](N(CCCN(C(=O)OC(C)(C)C)C4CCCCC4)C(=O)OC(C)(C)C)CC3)n2)CC1. The van der Waals surface area contributed by atoms with Gasteiger partial charge < -0.3 is 40.0 Å². The number of carbonyl (C=O) groups is 3. The number of hydrogen-bond donors (Lipinski definition) is 2. The number of amides is 2. The van der Waals surface area contributed by atoms with Crippen molar-refractivity contribution in [3.63, 3.8) is 0 Å². The van der Waals surface area contributed by atoms with Crippen molar-refractivity contribution in [2.24, 2.45) is 5.92 Å². The first kappa shape index (κ1) is 41.2. The van der Waals surface area contributed by atoms with E-state index in [1.807, 2.05) is 58.3 Å². The summed E-state index contributed by atoms with van der Waals surface area (Å²) in [5.74, 6) is 1.89. The Bertz CT molecular complexity index is 1300. The molecule has 14 heteroatoms. The number of carbonyl (C=O) groups excluding carboxylic acids is 3. The first-order valence-corrected chi connectivity index (χ1v) is 19.6. The number of hydrogen-bond acceptors (Lipinski definition) is 12. The molecule has 1 saturated heterocycles. The molecule has 0 radical (unpaired) electrons. The van der Waals surface area contributed by atoms with Crippen molar-refractivity contribution in [2.45, 2.75) is 136 Å². The van der Waals surface area contributed by atoms with Crippen LogP contribution in [0.25, 0.3) is 0 Å². The fourth-order valence-electron chi connectivity index (χ4n) is 7.41. The van der Waals surface area contributed by atoms with Gasteiger partial charge in [-0.25, -0.2) is 9.59 Å². The summed E-state index contributed by atoms with van der Waals surface area (Å²) in [6, 6.07) is 2.04. The van der Waals surface area contributed by atoms with Gasteiger partial charge in [-0.3, -0.25) is 9.69 Å². The molecule has 2 heterocycles. The average molecular weight is 731 g/mol. The fourth-order valence-corrected chi connectivity index (χ4v) is 7.41. The van der Waals surface area contributed by atoms with Crippen molar-refractivity contribution in [3.8, 4) is 0 Å². The van der Waals surface area contributed by atoms with Gasteiger partial charge in [0.2, 0.25) is 5.95 Å². The molecule has 0 aromatic carbocycles. The van der Waals surface area contributed by atoms with Gasteiger partial charge in [0, 0.05) is 64.0 Å². The highest BCUT2D eigenvalue weighted by atomic mass is 16.6. The van der Waals surface area contributed by atoms with Gasteiger partial charge in [-0.15, -0.1) is 0 Å². The second-order valence-electron chi connectivity index (χ2n) is 16.6. The van der Waals surface area contributed by atoms with Crippen molar-refractivity contribution in [3.05, 3.63) is 6.07 Å². The molecule has 0 unspecified atom stereocenters. The van der Waals surface area contributed by atoms with E-state index in [0.29, 0.717) is 56.9 Å². The van der Waals surface area contributed by atoms with Crippen LogP contribution >= 0.6 is 0 Å². The van der Waals surface area contributed by atoms with Gasteiger partial charge in [0.15, 0.2) is 0 Å². The minimum atomic E-state index is -0.603. The first-order chi connectivity index (χ1) is 24.6. The standard InChI is InChI=1S/C38H66N8O6/c1-8-50-33(47)27-43-21-23-44(24-22-43)32-25-31(39)41-34(42-32)40-26-28-15-17-30(18-16-28)46(36(49)52-38(5,6)7)20-12-19-45(29-13-10-9-11-14-29)35(48)51-37(2,3)4/h25,28-30H,8-24,26-27H2,1-7H3,(H3,39,40,41,42)/t28-,30-. The van der Waals surface area contributed by atoms with Crippen LogP contribution in [0, 0.1) is 5.92 Å². The van der Waals surface area contributed by atoms with Gasteiger partial charge in [0.1, 0.15) is 22.8 Å². The van der Waals surface area contributed by atoms with Crippen LogP contribution in [0.4, 0.5) is 27.2 Å². The number of nitrogen functional groups attached to an aromatic ring is 1. The van der Waals surface area contributed by atoms with Crippen LogP contribution < -0.4 is 16.0 Å². The average Bonchev–Trinajstić information content (AvgIpc) is 3.07. The molecule has 3 aliphatic rings. The zero-order valence-electron chi connectivity index (χ0n) is 33.0. The molecule has 1 aliphatic heterocycles. The summed E-state index contributed by atoms with van der Waals surface area (Å²) in [5, 5.41) is 3.43. The summed E-state index contributed by atoms with van der Waals surface area (Å²) in [6.07, 6.45) is 9.14. The van der Waals surface area contributed by atoms with E-state index < -0.39 is 11.2 Å². The van der Waals surface area contributed by atoms with E-state index in [0.717, 1.165) is 83.4 Å². The van der Waals surface area contributed by atoms with Crippen LogP contribution in [-0.2, 0) is 19.0 Å². The Labute approximate surface area is 311 Å². The monoisotopic (exact) mass is 731 g/mol. The highest BCUT2D eigenvalue weighted by Gasteiger charge is 2.34. The molecule has 4 rings (SSSR count). The number of anilines is 3. The molecule has 3 N–H and O–H groups in total. The lowest BCUT2D eigenvalue weighted by Crippen LogP contribution is -2.48. The Balaban J connectivity index is 1.31. The minimum absolute atomic E-state index is 0.0634. The van der Waals surface area contributed by atoms with E-state index in [1.54, 1.807) is 6.07 Å². The highest BCUT2D eigenvalue weighted by molar-refractivity contribution is 5.71. The molecule has 2 saturated carbocycles. The maximum Gasteiger partial charge on any atom is 0.410 e. The van der Waals surface area contributed by atoms with E-state index >= 15 is 0 Å². The highest BCUT2D eigenvalue weighted by Crippen LogP contribution is 2.30. The number of ether oxygens (including phenoxy) is 3. The van der Waals surface area contributed by atoms with E-state index in [1.165, 1.54) is 6.42 Å². The van der Waals surface area contributed by atoms with Crippen molar-refractivity contribution in [1.82, 2.24) is 24.7 Å². The zero-order chi connectivity index (χ0) is 37.9. The molecule has 1 aromatic heterocycles. The summed E-state index contributed by atoms with van der Waals surface area (Å²) in [4.78, 5) is 56.1. The molecule has 2 amide bonds. The largest absolute Gasteiger partial charge is 0.465 e. The molecular weight excluding hydrogens is 664 g/mol. The van der Waals surface area contributed by atoms with Crippen LogP contribution in [0.15, 0.2) is 6.07 Å². The van der Waals surface area contributed by atoms with Crippen LogP contribution in [0.2, 0.25) is 0 Å². The summed E-state index contributed by atoms with van der Waals surface area (Å²) in [6.45, 7) is 18.6. The van der Waals surface area contributed by atoms with E-state index in [4.69, 9.17) is 24.9 Å². The summed E-state index contributed by atoms with van der Waals surface area (Å²) < 4.78 is 16.8. The number of aromatic nitrogens is 2. The minimum Gasteiger partial charge on any atom is -0.465 e. The topological polar surface area (TPSA) is 156 Å². The number of piperazine rings is 1. The second-order valence-corrected chi connectivity index (χ2v) is 16.6. The van der Waals surface area contributed by atoms with Crippen LogP contribution in [0.3, 0.4) is 0 Å². The fraction of sp³-hybridized carbons (Fsp3) is 0.816. The second kappa shape index (κ2) is 19.0. The molecular formula is C38H66N8O6. The lowest BCUT2D eigenvalue weighted by Gasteiger charge is -2.39. The summed E-state index contributed by atoms with van der Waals surface area (Å²) >= 11 is 0. The number of nitrogens with two attached hydrogens (primary N) is 1. The molecule has 1 aromatic rings. The molecule has 2 aliphatic carbocycles. The summed E-state index contributed by atoms with van der Waals surface area (Å²) in [7, 11) is 0. The number of nitrogens with one attached hydrogen (secondary N) is 1. The van der Waals surface area contributed by atoms with Crippen molar-refractivity contribution < 1.29 is 28.6 Å². The van der Waals surface area contributed by atoms with Crippen molar-refractivity contribution >= 4 is 35.7 Å².